The van der Waals surface area contributed by atoms with Crippen molar-refractivity contribution < 1.29 is 13.6 Å². The molecule has 0 saturated heterocycles. The molecule has 0 bridgehead atoms. The third-order valence-corrected chi connectivity index (χ3v) is 2.71. The summed E-state index contributed by atoms with van der Waals surface area (Å²) in [6.45, 7) is 0. The first-order valence-corrected chi connectivity index (χ1v) is 5.72. The topological polar surface area (TPSA) is 86.5 Å². The summed E-state index contributed by atoms with van der Waals surface area (Å²) in [5, 5.41) is 8.83. The van der Waals surface area contributed by atoms with Crippen LogP contribution in [0.25, 0.3) is 11.0 Å². The minimum atomic E-state index is -2.66. The number of alkyl halides is 2. The first kappa shape index (κ1) is 12.3. The van der Waals surface area contributed by atoms with E-state index in [0.717, 1.165) is 0 Å². The van der Waals surface area contributed by atoms with Gasteiger partial charge >= 0.3 is 0 Å². The van der Waals surface area contributed by atoms with E-state index in [9.17, 15) is 13.6 Å². The number of nitrogens with zero attached hydrogens (tertiary/aromatic N) is 2. The Bertz CT molecular complexity index is 750. The van der Waals surface area contributed by atoms with Crippen LogP contribution in [0.1, 0.15) is 22.7 Å². The molecule has 0 atom stereocenters. The van der Waals surface area contributed by atoms with Gasteiger partial charge in [-0.05, 0) is 24.3 Å². The van der Waals surface area contributed by atoms with E-state index < -0.39 is 12.2 Å². The van der Waals surface area contributed by atoms with Crippen LogP contribution in [0.4, 0.5) is 14.5 Å². The molecule has 1 amide bonds. The molecule has 0 spiro atoms. The summed E-state index contributed by atoms with van der Waals surface area (Å²) in [5.41, 5.74) is 1.63. The maximum Gasteiger partial charge on any atom is 0.295 e. The molecule has 2 aromatic heterocycles. The first-order chi connectivity index (χ1) is 9.63. The summed E-state index contributed by atoms with van der Waals surface area (Å²) in [7, 11) is 0. The van der Waals surface area contributed by atoms with Gasteiger partial charge in [0.15, 0.2) is 5.82 Å². The molecule has 0 saturated carbocycles. The number of amides is 1. The van der Waals surface area contributed by atoms with Gasteiger partial charge in [0.1, 0.15) is 5.69 Å². The van der Waals surface area contributed by atoms with Gasteiger partial charge in [-0.15, -0.1) is 0 Å². The molecular weight excluding hydrogens is 268 g/mol. The Labute approximate surface area is 111 Å². The number of carbonyl (C=O) groups is 1. The Kier molecular flexibility index (Phi) is 2.90. The second-order valence-corrected chi connectivity index (χ2v) is 4.08. The molecule has 2 heterocycles. The number of hydrogen-bond donors (Lipinski definition) is 3. The van der Waals surface area contributed by atoms with Gasteiger partial charge in [-0.2, -0.15) is 5.10 Å². The zero-order valence-electron chi connectivity index (χ0n) is 10.0. The van der Waals surface area contributed by atoms with Crippen LogP contribution in [0, 0.1) is 0 Å². The molecule has 102 valence electrons. The third kappa shape index (κ3) is 2.22. The van der Waals surface area contributed by atoms with Gasteiger partial charge in [0, 0.05) is 11.9 Å². The van der Waals surface area contributed by atoms with Crippen molar-refractivity contribution in [3.63, 3.8) is 0 Å². The molecular formula is C12H9F2N5O. The predicted octanol–water partition coefficient (Wildman–Crippen LogP) is 2.48. The van der Waals surface area contributed by atoms with Gasteiger partial charge in [0.2, 0.25) is 0 Å². The molecule has 8 heteroatoms. The van der Waals surface area contributed by atoms with Crippen LogP contribution in [-0.2, 0) is 0 Å². The van der Waals surface area contributed by atoms with Crippen LogP contribution in [0.2, 0.25) is 0 Å². The standard InChI is InChI=1S/C12H9F2N5O/c13-10(14)11-17-7-2-1-6(5-9(7)18-11)16-12(20)8-3-4-15-19-8/h1-5,10H,(H,15,19)(H,16,20)(H,17,18). The lowest BCUT2D eigenvalue weighted by Gasteiger charge is -2.02. The lowest BCUT2D eigenvalue weighted by Crippen LogP contribution is -2.12. The van der Waals surface area contributed by atoms with E-state index in [1.165, 1.54) is 12.3 Å². The average molecular weight is 277 g/mol. The molecule has 20 heavy (non-hydrogen) atoms. The van der Waals surface area contributed by atoms with Crippen LogP contribution in [0.5, 0.6) is 0 Å². The zero-order chi connectivity index (χ0) is 14.1. The Hall–Kier alpha value is -2.77. The Morgan fingerprint density at radius 3 is 2.85 bits per heavy atom. The number of carbonyl (C=O) groups excluding carboxylic acids is 1. The number of nitrogens with one attached hydrogen (secondary N) is 3. The minimum absolute atomic E-state index is 0.308. The zero-order valence-corrected chi connectivity index (χ0v) is 10.0. The monoisotopic (exact) mass is 277 g/mol. The van der Waals surface area contributed by atoms with E-state index in [0.29, 0.717) is 22.4 Å². The Balaban J connectivity index is 1.87. The Morgan fingerprint density at radius 1 is 1.30 bits per heavy atom. The van der Waals surface area contributed by atoms with Gasteiger partial charge in [0.05, 0.1) is 11.0 Å². The van der Waals surface area contributed by atoms with Crippen molar-refractivity contribution in [1.29, 1.82) is 0 Å². The summed E-state index contributed by atoms with van der Waals surface area (Å²) in [4.78, 5) is 18.1. The maximum absolute atomic E-state index is 12.5. The van der Waals surface area contributed by atoms with E-state index in [1.54, 1.807) is 18.2 Å². The highest BCUT2D eigenvalue weighted by atomic mass is 19.3. The molecule has 1 aromatic carbocycles. The summed E-state index contributed by atoms with van der Waals surface area (Å²) in [5.74, 6) is -0.757. The van der Waals surface area contributed by atoms with Crippen molar-refractivity contribution in [2.75, 3.05) is 5.32 Å². The fourth-order valence-corrected chi connectivity index (χ4v) is 1.79. The fourth-order valence-electron chi connectivity index (χ4n) is 1.79. The smallest absolute Gasteiger partial charge is 0.295 e. The van der Waals surface area contributed by atoms with Gasteiger partial charge in [-0.25, -0.2) is 13.8 Å². The van der Waals surface area contributed by atoms with Crippen LogP contribution < -0.4 is 5.32 Å². The second-order valence-electron chi connectivity index (χ2n) is 4.08. The molecule has 0 aliphatic carbocycles. The molecule has 0 aliphatic heterocycles. The third-order valence-electron chi connectivity index (χ3n) is 2.71. The number of fused-ring (bicyclic) bond motifs is 1. The molecule has 0 unspecified atom stereocenters. The molecule has 0 fully saturated rings. The molecule has 0 radical (unpaired) electrons. The number of H-pyrrole nitrogens is 2. The number of anilines is 1. The summed E-state index contributed by atoms with van der Waals surface area (Å²) in [6.07, 6.45) is -1.20. The lowest BCUT2D eigenvalue weighted by atomic mass is 10.2. The number of hydrogen-bond acceptors (Lipinski definition) is 3. The Morgan fingerprint density at radius 2 is 2.15 bits per heavy atom. The first-order valence-electron chi connectivity index (χ1n) is 5.72. The number of halogens is 2. The SMILES string of the molecule is O=C(Nc1ccc2nc(C(F)F)[nH]c2c1)c1ccn[nH]1. The highest BCUT2D eigenvalue weighted by Gasteiger charge is 2.13. The summed E-state index contributed by atoms with van der Waals surface area (Å²) >= 11 is 0. The highest BCUT2D eigenvalue weighted by molar-refractivity contribution is 6.03. The average Bonchev–Trinajstić information content (AvgIpc) is 3.07. The highest BCUT2D eigenvalue weighted by Crippen LogP contribution is 2.22. The molecule has 3 N–H and O–H groups in total. The van der Waals surface area contributed by atoms with Gasteiger partial charge in [-0.1, -0.05) is 0 Å². The van der Waals surface area contributed by atoms with E-state index in [2.05, 4.69) is 25.5 Å². The summed E-state index contributed by atoms with van der Waals surface area (Å²) < 4.78 is 25.1. The lowest BCUT2D eigenvalue weighted by molar-refractivity contribution is 0.102. The second kappa shape index (κ2) is 4.72. The van der Waals surface area contributed by atoms with Crippen LogP contribution in [0.3, 0.4) is 0 Å². The van der Waals surface area contributed by atoms with E-state index in [-0.39, 0.29) is 5.91 Å². The number of benzene rings is 1. The number of imidazole rings is 1. The van der Waals surface area contributed by atoms with Crippen molar-refractivity contribution in [3.8, 4) is 0 Å². The minimum Gasteiger partial charge on any atom is -0.337 e. The van der Waals surface area contributed by atoms with E-state index in [4.69, 9.17) is 0 Å². The molecule has 6 nitrogen and oxygen atoms in total. The van der Waals surface area contributed by atoms with Crippen LogP contribution in [0.15, 0.2) is 30.5 Å². The van der Waals surface area contributed by atoms with Crippen molar-refractivity contribution in [2.45, 2.75) is 6.43 Å². The van der Waals surface area contributed by atoms with E-state index >= 15 is 0 Å². The fraction of sp³-hybridized carbons (Fsp3) is 0.0833. The quantitative estimate of drug-likeness (QED) is 0.687. The molecule has 3 aromatic rings. The number of aromatic nitrogens is 4. The predicted molar refractivity (Wildman–Crippen MR) is 67.6 cm³/mol. The van der Waals surface area contributed by atoms with Crippen molar-refractivity contribution in [3.05, 3.63) is 42.0 Å². The number of aromatic amines is 2. The van der Waals surface area contributed by atoms with Gasteiger partial charge in [0.25, 0.3) is 12.3 Å². The molecule has 3 rings (SSSR count). The normalized spacial score (nSPS) is 11.2. The van der Waals surface area contributed by atoms with E-state index in [1.807, 2.05) is 0 Å². The van der Waals surface area contributed by atoms with Crippen molar-refractivity contribution in [1.82, 2.24) is 20.2 Å². The van der Waals surface area contributed by atoms with Gasteiger partial charge in [-0.3, -0.25) is 9.89 Å². The van der Waals surface area contributed by atoms with Crippen molar-refractivity contribution in [2.24, 2.45) is 0 Å². The summed E-state index contributed by atoms with van der Waals surface area (Å²) in [6, 6.07) is 6.22. The maximum atomic E-state index is 12.5. The van der Waals surface area contributed by atoms with Gasteiger partial charge < -0.3 is 10.3 Å². The van der Waals surface area contributed by atoms with Crippen molar-refractivity contribution >= 4 is 22.6 Å². The largest absolute Gasteiger partial charge is 0.337 e. The number of rotatable bonds is 3. The van der Waals surface area contributed by atoms with Crippen LogP contribution in [-0.4, -0.2) is 26.1 Å². The molecule has 0 aliphatic rings. The van der Waals surface area contributed by atoms with Crippen LogP contribution >= 0.6 is 0 Å².